The number of hydrogen-bond donors (Lipinski definition) is 3. The van der Waals surface area contributed by atoms with Crippen molar-refractivity contribution >= 4 is 44.1 Å². The second kappa shape index (κ2) is 6.96. The highest BCUT2D eigenvalue weighted by atomic mass is 32.2. The molecular formula is C12H19N5OS2. The van der Waals surface area contributed by atoms with E-state index in [1.54, 1.807) is 17.6 Å². The minimum atomic E-state index is -0.757. The van der Waals surface area contributed by atoms with Gasteiger partial charge in [-0.05, 0) is 18.9 Å². The molecule has 2 aromatic heterocycles. The Kier molecular flexibility index (Phi) is 5.27. The van der Waals surface area contributed by atoms with Crippen molar-refractivity contribution in [3.63, 3.8) is 0 Å². The molecular weight excluding hydrogens is 294 g/mol. The number of thiophene rings is 1. The molecule has 0 aliphatic heterocycles. The van der Waals surface area contributed by atoms with E-state index >= 15 is 0 Å². The van der Waals surface area contributed by atoms with Gasteiger partial charge in [0, 0.05) is 34.2 Å². The topological polar surface area (TPSA) is 92.9 Å². The molecule has 20 heavy (non-hydrogen) atoms. The highest BCUT2D eigenvalue weighted by Crippen LogP contribution is 2.30. The first-order chi connectivity index (χ1) is 9.63. The number of nitrogens with one attached hydrogen (secondary N) is 2. The predicted molar refractivity (Wildman–Crippen MR) is 86.6 cm³/mol. The van der Waals surface area contributed by atoms with E-state index in [0.29, 0.717) is 11.7 Å². The van der Waals surface area contributed by atoms with Gasteiger partial charge in [-0.3, -0.25) is 9.63 Å². The van der Waals surface area contributed by atoms with Crippen molar-refractivity contribution < 1.29 is 4.21 Å². The van der Waals surface area contributed by atoms with Crippen LogP contribution in [-0.2, 0) is 17.2 Å². The van der Waals surface area contributed by atoms with Crippen LogP contribution in [0.1, 0.15) is 18.2 Å². The third-order valence-corrected chi connectivity index (χ3v) is 4.86. The molecule has 2 rings (SSSR count). The van der Waals surface area contributed by atoms with Crippen LogP contribution in [0.5, 0.6) is 0 Å². The molecule has 4 N–H and O–H groups in total. The average Bonchev–Trinajstić information content (AvgIpc) is 2.86. The van der Waals surface area contributed by atoms with E-state index in [0.717, 1.165) is 35.4 Å². The summed E-state index contributed by atoms with van der Waals surface area (Å²) in [4.78, 5) is 10.9. The first kappa shape index (κ1) is 15.1. The van der Waals surface area contributed by atoms with Gasteiger partial charge >= 0.3 is 0 Å². The largest absolute Gasteiger partial charge is 0.369 e. The lowest BCUT2D eigenvalue weighted by atomic mass is 10.3. The predicted octanol–water partition coefficient (Wildman–Crippen LogP) is 1.72. The molecule has 0 spiro atoms. The molecule has 1 unspecified atom stereocenters. The van der Waals surface area contributed by atoms with Crippen LogP contribution in [0.25, 0.3) is 10.2 Å². The first-order valence-electron chi connectivity index (χ1n) is 6.45. The number of aromatic nitrogens is 2. The SMILES string of the molecule is CCc1cc2c(NCCCS(C)=O)nc(NN)nc2s1. The second-order valence-corrected chi connectivity index (χ2v) is 7.05. The van der Waals surface area contributed by atoms with Gasteiger partial charge in [0.05, 0.1) is 5.39 Å². The Balaban J connectivity index is 2.20. The fourth-order valence-electron chi connectivity index (χ4n) is 1.83. The number of nitrogens with two attached hydrogens (primary N) is 1. The standard InChI is InChI=1S/C12H19N5OS2/c1-3-8-7-9-10(14-5-4-6-20(2)18)15-12(17-13)16-11(9)19-8/h7H,3-6,13H2,1-2H3,(H2,14,15,16,17). The van der Waals surface area contributed by atoms with Crippen LogP contribution in [0.2, 0.25) is 0 Å². The minimum absolute atomic E-state index is 0.406. The van der Waals surface area contributed by atoms with E-state index < -0.39 is 10.8 Å². The zero-order valence-electron chi connectivity index (χ0n) is 11.6. The molecule has 2 heterocycles. The van der Waals surface area contributed by atoms with E-state index in [1.807, 2.05) is 0 Å². The van der Waals surface area contributed by atoms with Gasteiger partial charge in [0.2, 0.25) is 5.95 Å². The van der Waals surface area contributed by atoms with Gasteiger partial charge < -0.3 is 5.32 Å². The molecule has 0 saturated heterocycles. The van der Waals surface area contributed by atoms with Gasteiger partial charge in [-0.2, -0.15) is 4.98 Å². The van der Waals surface area contributed by atoms with Gasteiger partial charge in [-0.25, -0.2) is 10.8 Å². The third kappa shape index (κ3) is 3.65. The van der Waals surface area contributed by atoms with Gasteiger partial charge in [-0.1, -0.05) is 6.92 Å². The van der Waals surface area contributed by atoms with Gasteiger partial charge in [0.25, 0.3) is 0 Å². The summed E-state index contributed by atoms with van der Waals surface area (Å²) in [6.07, 6.45) is 3.52. The van der Waals surface area contributed by atoms with E-state index in [-0.39, 0.29) is 0 Å². The van der Waals surface area contributed by atoms with Crippen LogP contribution in [0, 0.1) is 0 Å². The normalized spacial score (nSPS) is 12.6. The number of rotatable bonds is 7. The maximum absolute atomic E-state index is 11.0. The minimum Gasteiger partial charge on any atom is -0.369 e. The first-order valence-corrected chi connectivity index (χ1v) is 8.99. The molecule has 110 valence electrons. The fourth-order valence-corrected chi connectivity index (χ4v) is 3.35. The molecule has 0 aliphatic carbocycles. The van der Waals surface area contributed by atoms with Crippen LogP contribution < -0.4 is 16.6 Å². The van der Waals surface area contributed by atoms with Crippen LogP contribution in [0.15, 0.2) is 6.07 Å². The summed E-state index contributed by atoms with van der Waals surface area (Å²) in [5, 5.41) is 4.30. The maximum atomic E-state index is 11.0. The highest BCUT2D eigenvalue weighted by Gasteiger charge is 2.10. The Morgan fingerprint density at radius 3 is 2.90 bits per heavy atom. The summed E-state index contributed by atoms with van der Waals surface area (Å²) in [6.45, 7) is 2.84. The molecule has 2 aromatic rings. The van der Waals surface area contributed by atoms with Crippen molar-refractivity contribution in [1.82, 2.24) is 9.97 Å². The van der Waals surface area contributed by atoms with Crippen LogP contribution in [0.4, 0.5) is 11.8 Å². The average molecular weight is 313 g/mol. The number of hydrogen-bond acceptors (Lipinski definition) is 7. The lowest BCUT2D eigenvalue weighted by Gasteiger charge is -2.07. The molecule has 0 saturated carbocycles. The van der Waals surface area contributed by atoms with Crippen molar-refractivity contribution in [2.45, 2.75) is 19.8 Å². The smallest absolute Gasteiger partial charge is 0.240 e. The summed E-state index contributed by atoms with van der Waals surface area (Å²) in [7, 11) is -0.757. The summed E-state index contributed by atoms with van der Waals surface area (Å²) >= 11 is 1.65. The van der Waals surface area contributed by atoms with E-state index in [2.05, 4.69) is 33.7 Å². The molecule has 0 bridgehead atoms. The van der Waals surface area contributed by atoms with E-state index in [9.17, 15) is 4.21 Å². The quantitative estimate of drug-likeness (QED) is 0.409. The number of fused-ring (bicyclic) bond motifs is 1. The molecule has 1 atom stereocenters. The molecule has 6 nitrogen and oxygen atoms in total. The van der Waals surface area contributed by atoms with Gasteiger partial charge in [0.1, 0.15) is 10.6 Å². The number of nitrogen functional groups attached to an aromatic ring is 1. The molecule has 0 aromatic carbocycles. The number of anilines is 2. The molecule has 8 heteroatoms. The van der Waals surface area contributed by atoms with Crippen molar-refractivity contribution in [1.29, 1.82) is 0 Å². The van der Waals surface area contributed by atoms with Crippen LogP contribution >= 0.6 is 11.3 Å². The Hall–Kier alpha value is -1.25. The van der Waals surface area contributed by atoms with Gasteiger partial charge in [0.15, 0.2) is 0 Å². The zero-order chi connectivity index (χ0) is 14.5. The zero-order valence-corrected chi connectivity index (χ0v) is 13.2. The fraction of sp³-hybridized carbons (Fsp3) is 0.500. The summed E-state index contributed by atoms with van der Waals surface area (Å²) in [6, 6.07) is 2.11. The summed E-state index contributed by atoms with van der Waals surface area (Å²) < 4.78 is 11.0. The van der Waals surface area contributed by atoms with Crippen LogP contribution in [-0.4, -0.2) is 32.7 Å². The monoisotopic (exact) mass is 313 g/mol. The Labute approximate surface area is 124 Å². The Bertz CT molecular complexity index is 613. The second-order valence-electron chi connectivity index (χ2n) is 4.38. The lowest BCUT2D eigenvalue weighted by molar-refractivity contribution is 0.685. The molecule has 0 radical (unpaired) electrons. The van der Waals surface area contributed by atoms with Crippen molar-refractivity contribution in [2.24, 2.45) is 5.84 Å². The molecule has 0 aliphatic rings. The number of aryl methyl sites for hydroxylation is 1. The molecule has 0 fully saturated rings. The van der Waals surface area contributed by atoms with Crippen molar-refractivity contribution in [3.8, 4) is 0 Å². The maximum Gasteiger partial charge on any atom is 0.240 e. The van der Waals surface area contributed by atoms with Gasteiger partial charge in [-0.15, -0.1) is 11.3 Å². The Morgan fingerprint density at radius 2 is 2.25 bits per heavy atom. The van der Waals surface area contributed by atoms with E-state index in [4.69, 9.17) is 5.84 Å². The number of hydrazine groups is 1. The Morgan fingerprint density at radius 1 is 1.45 bits per heavy atom. The highest BCUT2D eigenvalue weighted by molar-refractivity contribution is 7.84. The molecule has 0 amide bonds. The van der Waals surface area contributed by atoms with E-state index in [1.165, 1.54) is 4.88 Å². The van der Waals surface area contributed by atoms with Crippen LogP contribution in [0.3, 0.4) is 0 Å². The number of nitrogens with zero attached hydrogens (tertiary/aromatic N) is 2. The lowest BCUT2D eigenvalue weighted by Crippen LogP contribution is -2.13. The third-order valence-electron chi connectivity index (χ3n) is 2.82. The van der Waals surface area contributed by atoms with Crippen molar-refractivity contribution in [3.05, 3.63) is 10.9 Å². The van der Waals surface area contributed by atoms with Crippen molar-refractivity contribution in [2.75, 3.05) is 29.3 Å². The summed E-state index contributed by atoms with van der Waals surface area (Å²) in [5.74, 6) is 7.28. The summed E-state index contributed by atoms with van der Waals surface area (Å²) in [5.41, 5.74) is 2.49.